The number of rotatable bonds is 5. The van der Waals surface area contributed by atoms with Crippen molar-refractivity contribution in [1.29, 1.82) is 0 Å². The second-order valence-electron chi connectivity index (χ2n) is 6.06. The van der Waals surface area contributed by atoms with Gasteiger partial charge in [0.2, 0.25) is 0 Å². The average Bonchev–Trinajstić information content (AvgIpc) is 3.06. The molecule has 1 heterocycles. The first-order valence-corrected chi connectivity index (χ1v) is 8.32. The summed E-state index contributed by atoms with van der Waals surface area (Å²) in [5.74, 6) is 0. The summed E-state index contributed by atoms with van der Waals surface area (Å²) in [6.45, 7) is 10.8. The Morgan fingerprint density at radius 3 is 2.83 bits per heavy atom. The van der Waals surface area contributed by atoms with Crippen molar-refractivity contribution in [3.8, 4) is 0 Å². The quantitative estimate of drug-likeness (QED) is 0.744. The van der Waals surface area contributed by atoms with Crippen molar-refractivity contribution < 1.29 is 4.74 Å². The fraction of sp³-hybridized carbons (Fsp3) is 0.250. The zero-order valence-electron chi connectivity index (χ0n) is 13.8. The van der Waals surface area contributed by atoms with Gasteiger partial charge in [-0.2, -0.15) is 0 Å². The van der Waals surface area contributed by atoms with Crippen molar-refractivity contribution in [1.82, 2.24) is 0 Å². The fourth-order valence-electron chi connectivity index (χ4n) is 3.28. The Labute approximate surface area is 148 Å². The minimum Gasteiger partial charge on any atom is -0.379 e. The number of nitrogens with one attached hydrogen (secondary N) is 1. The van der Waals surface area contributed by atoms with Crippen LogP contribution in [0.3, 0.4) is 0 Å². The summed E-state index contributed by atoms with van der Waals surface area (Å²) in [7, 11) is 0. The molecule has 0 amide bonds. The molecule has 2 aromatic rings. The van der Waals surface area contributed by atoms with Gasteiger partial charge >= 0.3 is 0 Å². The van der Waals surface area contributed by atoms with E-state index in [-0.39, 0.29) is 5.54 Å². The van der Waals surface area contributed by atoms with Crippen LogP contribution in [0.5, 0.6) is 0 Å². The molecule has 1 fully saturated rings. The third-order valence-electron chi connectivity index (χ3n) is 4.61. The molecule has 1 aliphatic heterocycles. The summed E-state index contributed by atoms with van der Waals surface area (Å²) in [5.41, 5.74) is 4.73. The molecule has 0 spiro atoms. The van der Waals surface area contributed by atoms with Gasteiger partial charge in [0, 0.05) is 23.7 Å². The van der Waals surface area contributed by atoms with Crippen LogP contribution in [0.15, 0.2) is 48.0 Å². The van der Waals surface area contributed by atoms with Gasteiger partial charge in [-0.15, -0.1) is 0 Å². The average molecular weight is 341 g/mol. The van der Waals surface area contributed by atoms with Crippen molar-refractivity contribution in [2.45, 2.75) is 18.9 Å². The van der Waals surface area contributed by atoms with E-state index in [1.54, 1.807) is 6.08 Å². The summed E-state index contributed by atoms with van der Waals surface area (Å²) < 4.78 is 5.73. The van der Waals surface area contributed by atoms with Gasteiger partial charge in [0.15, 0.2) is 0 Å². The summed E-state index contributed by atoms with van der Waals surface area (Å²) in [4.78, 5) is 4.09. The first kappa shape index (κ1) is 16.7. The molecule has 3 nitrogen and oxygen atoms in total. The lowest BCUT2D eigenvalue weighted by Crippen LogP contribution is -2.36. The molecule has 1 N–H and O–H groups in total. The van der Waals surface area contributed by atoms with Gasteiger partial charge in [-0.05, 0) is 48.5 Å². The van der Waals surface area contributed by atoms with Crippen molar-refractivity contribution in [2.24, 2.45) is 4.99 Å². The van der Waals surface area contributed by atoms with Crippen LogP contribution in [0, 0.1) is 6.92 Å². The van der Waals surface area contributed by atoms with Crippen LogP contribution < -0.4 is 5.32 Å². The highest BCUT2D eigenvalue weighted by atomic mass is 35.5. The van der Waals surface area contributed by atoms with Gasteiger partial charge < -0.3 is 10.1 Å². The predicted octanol–water partition coefficient (Wildman–Crippen LogP) is 5.35. The minimum atomic E-state index is -0.289. The van der Waals surface area contributed by atoms with E-state index in [0.717, 1.165) is 40.6 Å². The normalized spacial score (nSPS) is 19.9. The number of aliphatic imine (C=N–C) groups is 1. The van der Waals surface area contributed by atoms with E-state index in [1.807, 2.05) is 30.3 Å². The van der Waals surface area contributed by atoms with Crippen molar-refractivity contribution in [3.05, 3.63) is 64.7 Å². The molecule has 2 aromatic carbocycles. The first-order chi connectivity index (χ1) is 11.6. The standard InChI is InChI=1S/C20H21ClN2O/c1-4-15-8-9-16(12-19(15)22-3)23-20(10-11-24-13-20)17-6-5-7-18(21)14(17)2/h4-9,12,23H,1,3,10-11,13H2,2H3. The van der Waals surface area contributed by atoms with E-state index in [1.165, 1.54) is 5.56 Å². The lowest BCUT2D eigenvalue weighted by Gasteiger charge is -2.32. The third kappa shape index (κ3) is 2.97. The monoisotopic (exact) mass is 340 g/mol. The van der Waals surface area contributed by atoms with Crippen LogP contribution in [0.2, 0.25) is 5.02 Å². The number of ether oxygens (including phenoxy) is 1. The maximum Gasteiger partial charge on any atom is 0.0884 e. The van der Waals surface area contributed by atoms with Crippen LogP contribution in [0.4, 0.5) is 11.4 Å². The maximum absolute atomic E-state index is 6.34. The molecule has 0 bridgehead atoms. The minimum absolute atomic E-state index is 0.289. The number of hydrogen-bond donors (Lipinski definition) is 1. The Kier molecular flexibility index (Phi) is 4.74. The van der Waals surface area contributed by atoms with Crippen molar-refractivity contribution >= 4 is 35.8 Å². The zero-order valence-corrected chi connectivity index (χ0v) is 14.6. The highest BCUT2D eigenvalue weighted by Crippen LogP contribution is 2.39. The van der Waals surface area contributed by atoms with Crippen LogP contribution >= 0.6 is 11.6 Å². The molecule has 0 aromatic heterocycles. The summed E-state index contributed by atoms with van der Waals surface area (Å²) >= 11 is 6.34. The van der Waals surface area contributed by atoms with E-state index in [9.17, 15) is 0 Å². The third-order valence-corrected chi connectivity index (χ3v) is 5.02. The molecular weight excluding hydrogens is 320 g/mol. The van der Waals surface area contributed by atoms with E-state index in [4.69, 9.17) is 16.3 Å². The van der Waals surface area contributed by atoms with Crippen LogP contribution in [0.25, 0.3) is 6.08 Å². The van der Waals surface area contributed by atoms with E-state index in [2.05, 4.69) is 36.6 Å². The summed E-state index contributed by atoms with van der Waals surface area (Å²) in [6.07, 6.45) is 2.66. The predicted molar refractivity (Wildman–Crippen MR) is 103 cm³/mol. The molecule has 1 saturated heterocycles. The van der Waals surface area contributed by atoms with Crippen LogP contribution in [-0.2, 0) is 10.3 Å². The Morgan fingerprint density at radius 2 is 2.17 bits per heavy atom. The molecule has 1 unspecified atom stereocenters. The highest BCUT2D eigenvalue weighted by molar-refractivity contribution is 6.31. The fourth-order valence-corrected chi connectivity index (χ4v) is 3.45. The molecule has 24 heavy (non-hydrogen) atoms. The number of benzene rings is 2. The zero-order chi connectivity index (χ0) is 17.2. The molecular formula is C20H21ClN2O. The smallest absolute Gasteiger partial charge is 0.0884 e. The molecule has 0 radical (unpaired) electrons. The molecule has 3 rings (SSSR count). The van der Waals surface area contributed by atoms with Gasteiger partial charge in [0.25, 0.3) is 0 Å². The van der Waals surface area contributed by atoms with Gasteiger partial charge in [-0.1, -0.05) is 42.5 Å². The van der Waals surface area contributed by atoms with Crippen molar-refractivity contribution in [3.63, 3.8) is 0 Å². The van der Waals surface area contributed by atoms with Gasteiger partial charge in [-0.3, -0.25) is 4.99 Å². The molecule has 1 atom stereocenters. The number of hydrogen-bond acceptors (Lipinski definition) is 3. The first-order valence-electron chi connectivity index (χ1n) is 7.94. The lowest BCUT2D eigenvalue weighted by atomic mass is 9.85. The second kappa shape index (κ2) is 6.80. The second-order valence-corrected chi connectivity index (χ2v) is 6.47. The van der Waals surface area contributed by atoms with Crippen LogP contribution in [-0.4, -0.2) is 19.9 Å². The number of nitrogens with zero attached hydrogens (tertiary/aromatic N) is 1. The molecule has 4 heteroatoms. The lowest BCUT2D eigenvalue weighted by molar-refractivity contribution is 0.182. The van der Waals surface area contributed by atoms with E-state index < -0.39 is 0 Å². The molecule has 0 saturated carbocycles. The molecule has 124 valence electrons. The Bertz CT molecular complexity index is 779. The van der Waals surface area contributed by atoms with E-state index in [0.29, 0.717) is 6.61 Å². The SMILES string of the molecule is C=Cc1ccc(NC2(c3cccc(Cl)c3C)CCOC2)cc1N=C. The molecule has 0 aliphatic carbocycles. The highest BCUT2D eigenvalue weighted by Gasteiger charge is 2.38. The van der Waals surface area contributed by atoms with Gasteiger partial charge in [-0.25, -0.2) is 0 Å². The maximum atomic E-state index is 6.34. The van der Waals surface area contributed by atoms with Gasteiger partial charge in [0.05, 0.1) is 17.8 Å². The summed E-state index contributed by atoms with van der Waals surface area (Å²) in [6, 6.07) is 12.0. The number of halogens is 1. The Balaban J connectivity index is 2.02. The summed E-state index contributed by atoms with van der Waals surface area (Å²) in [5, 5.41) is 4.43. The Hall–Kier alpha value is -2.10. The number of anilines is 1. The van der Waals surface area contributed by atoms with Gasteiger partial charge in [0.1, 0.15) is 0 Å². The van der Waals surface area contributed by atoms with Crippen LogP contribution in [0.1, 0.15) is 23.1 Å². The molecule has 1 aliphatic rings. The largest absolute Gasteiger partial charge is 0.379 e. The Morgan fingerprint density at radius 1 is 1.33 bits per heavy atom. The topological polar surface area (TPSA) is 33.6 Å². The van der Waals surface area contributed by atoms with E-state index >= 15 is 0 Å². The van der Waals surface area contributed by atoms with Crippen molar-refractivity contribution in [2.75, 3.05) is 18.5 Å².